The van der Waals surface area contributed by atoms with E-state index in [1.54, 1.807) is 11.1 Å². The standard InChI is InChI=1S/C23H18ClF3N4O/c24-18-10-14(6-8-17(18)23(25,26)27)29-22(32)31-15-7-9-20(31)16-12-28-21(30-19(16)11-15)13-4-2-1-3-5-13/h1-6,8,10,12,15,20H,7,9,11H2,(H,29,32)/t15-,20+/m0/s1. The molecular formula is C23H18ClF3N4O. The number of hydrogen-bond acceptors (Lipinski definition) is 3. The van der Waals surface area contributed by atoms with Gasteiger partial charge in [0.2, 0.25) is 0 Å². The number of urea groups is 1. The molecule has 1 aromatic heterocycles. The number of nitrogens with zero attached hydrogens (tertiary/aromatic N) is 3. The Hall–Kier alpha value is -3.13. The summed E-state index contributed by atoms with van der Waals surface area (Å²) in [6, 6.07) is 12.3. The van der Waals surface area contributed by atoms with Crippen molar-refractivity contribution < 1.29 is 18.0 Å². The molecule has 2 amide bonds. The molecule has 2 atom stereocenters. The van der Waals surface area contributed by atoms with Crippen LogP contribution >= 0.6 is 11.6 Å². The third-order valence-corrected chi connectivity index (χ3v) is 6.30. The zero-order chi connectivity index (χ0) is 22.5. The van der Waals surface area contributed by atoms with Gasteiger partial charge in [-0.15, -0.1) is 0 Å². The Labute approximate surface area is 187 Å². The van der Waals surface area contributed by atoms with E-state index in [9.17, 15) is 18.0 Å². The summed E-state index contributed by atoms with van der Waals surface area (Å²) in [6.07, 6.45) is -0.550. The van der Waals surface area contributed by atoms with E-state index in [4.69, 9.17) is 16.6 Å². The van der Waals surface area contributed by atoms with Crippen LogP contribution in [0.25, 0.3) is 11.4 Å². The van der Waals surface area contributed by atoms with Gasteiger partial charge in [0.1, 0.15) is 0 Å². The molecule has 3 aromatic rings. The van der Waals surface area contributed by atoms with Crippen LogP contribution in [0, 0.1) is 0 Å². The maximum atomic E-state index is 13.0. The number of carbonyl (C=O) groups is 1. The summed E-state index contributed by atoms with van der Waals surface area (Å²) in [5.41, 5.74) is 2.07. The fourth-order valence-electron chi connectivity index (χ4n) is 4.52. The lowest BCUT2D eigenvalue weighted by Gasteiger charge is -2.35. The van der Waals surface area contributed by atoms with Gasteiger partial charge in [-0.25, -0.2) is 14.8 Å². The number of alkyl halides is 3. The van der Waals surface area contributed by atoms with Crippen molar-refractivity contribution in [1.29, 1.82) is 0 Å². The zero-order valence-corrected chi connectivity index (χ0v) is 17.5. The SMILES string of the molecule is O=C(Nc1ccc(C(F)(F)F)c(Cl)c1)N1[C@H]2CC[C@@H]1c1cnc(-c3ccccc3)nc1C2. The first-order chi connectivity index (χ1) is 15.3. The highest BCUT2D eigenvalue weighted by molar-refractivity contribution is 6.31. The zero-order valence-electron chi connectivity index (χ0n) is 16.7. The summed E-state index contributed by atoms with van der Waals surface area (Å²) in [5.74, 6) is 0.654. The van der Waals surface area contributed by atoms with Crippen molar-refractivity contribution in [2.24, 2.45) is 0 Å². The number of amides is 2. The Kier molecular flexibility index (Phi) is 5.04. The van der Waals surface area contributed by atoms with Crippen molar-refractivity contribution in [2.45, 2.75) is 37.5 Å². The molecular weight excluding hydrogens is 441 g/mol. The lowest BCUT2D eigenvalue weighted by atomic mass is 9.99. The number of benzene rings is 2. The Morgan fingerprint density at radius 2 is 1.91 bits per heavy atom. The second-order valence-corrected chi connectivity index (χ2v) is 8.35. The van der Waals surface area contributed by atoms with Crippen LogP contribution in [0.15, 0.2) is 54.7 Å². The molecule has 0 aliphatic carbocycles. The number of fused-ring (bicyclic) bond motifs is 4. The quantitative estimate of drug-likeness (QED) is 0.504. The van der Waals surface area contributed by atoms with E-state index in [0.29, 0.717) is 12.2 Å². The van der Waals surface area contributed by atoms with Gasteiger partial charge in [-0.05, 0) is 31.0 Å². The molecule has 5 rings (SSSR count). The van der Waals surface area contributed by atoms with Gasteiger partial charge in [0, 0.05) is 35.5 Å². The monoisotopic (exact) mass is 458 g/mol. The highest BCUT2D eigenvalue weighted by Gasteiger charge is 2.43. The Morgan fingerprint density at radius 3 is 2.62 bits per heavy atom. The molecule has 5 nitrogen and oxygen atoms in total. The number of nitrogens with one attached hydrogen (secondary N) is 1. The predicted molar refractivity (Wildman–Crippen MR) is 114 cm³/mol. The van der Waals surface area contributed by atoms with Crippen LogP contribution < -0.4 is 5.32 Å². The molecule has 0 saturated carbocycles. The van der Waals surface area contributed by atoms with Crippen LogP contribution in [0.4, 0.5) is 23.7 Å². The van der Waals surface area contributed by atoms with Gasteiger partial charge in [0.05, 0.1) is 22.3 Å². The third-order valence-electron chi connectivity index (χ3n) is 5.98. The van der Waals surface area contributed by atoms with E-state index in [1.165, 1.54) is 6.07 Å². The molecule has 2 aliphatic rings. The number of aromatic nitrogens is 2. The molecule has 3 heterocycles. The van der Waals surface area contributed by atoms with Crippen molar-refractivity contribution in [2.75, 3.05) is 5.32 Å². The van der Waals surface area contributed by atoms with Gasteiger partial charge >= 0.3 is 12.2 Å². The first kappa shape index (κ1) is 20.8. The van der Waals surface area contributed by atoms with Crippen LogP contribution in [0.2, 0.25) is 5.02 Å². The first-order valence-electron chi connectivity index (χ1n) is 10.2. The Bertz CT molecular complexity index is 1190. The highest BCUT2D eigenvalue weighted by atomic mass is 35.5. The summed E-state index contributed by atoms with van der Waals surface area (Å²) in [7, 11) is 0. The van der Waals surface area contributed by atoms with Gasteiger partial charge in [-0.3, -0.25) is 0 Å². The summed E-state index contributed by atoms with van der Waals surface area (Å²) < 4.78 is 38.8. The molecule has 0 unspecified atom stereocenters. The van der Waals surface area contributed by atoms with Gasteiger partial charge in [0.15, 0.2) is 5.82 Å². The van der Waals surface area contributed by atoms with Crippen LogP contribution in [0.1, 0.15) is 35.7 Å². The van der Waals surface area contributed by atoms with Crippen molar-refractivity contribution >= 4 is 23.3 Å². The van der Waals surface area contributed by atoms with E-state index in [2.05, 4.69) is 10.3 Å². The number of rotatable bonds is 2. The molecule has 1 fully saturated rings. The fourth-order valence-corrected chi connectivity index (χ4v) is 4.81. The smallest absolute Gasteiger partial charge is 0.314 e. The molecule has 164 valence electrons. The van der Waals surface area contributed by atoms with Crippen molar-refractivity contribution in [3.8, 4) is 11.4 Å². The summed E-state index contributed by atoms with van der Waals surface area (Å²) in [4.78, 5) is 24.0. The van der Waals surface area contributed by atoms with Crippen molar-refractivity contribution in [1.82, 2.24) is 14.9 Å². The minimum Gasteiger partial charge on any atom is -0.314 e. The topological polar surface area (TPSA) is 58.1 Å². The summed E-state index contributed by atoms with van der Waals surface area (Å²) in [5, 5.41) is 2.24. The number of carbonyl (C=O) groups excluding carboxylic acids is 1. The molecule has 2 aliphatic heterocycles. The molecule has 2 aromatic carbocycles. The van der Waals surface area contributed by atoms with Gasteiger partial charge in [0.25, 0.3) is 0 Å². The fraction of sp³-hybridized carbons (Fsp3) is 0.261. The van der Waals surface area contributed by atoms with Crippen LogP contribution in [-0.2, 0) is 12.6 Å². The predicted octanol–water partition coefficient (Wildman–Crippen LogP) is 6.11. The van der Waals surface area contributed by atoms with E-state index in [-0.39, 0.29) is 23.8 Å². The largest absolute Gasteiger partial charge is 0.417 e. The molecule has 9 heteroatoms. The van der Waals surface area contributed by atoms with E-state index < -0.39 is 16.8 Å². The normalized spacial score (nSPS) is 19.6. The van der Waals surface area contributed by atoms with E-state index >= 15 is 0 Å². The maximum Gasteiger partial charge on any atom is 0.417 e. The van der Waals surface area contributed by atoms with E-state index in [1.807, 2.05) is 30.3 Å². The molecule has 1 saturated heterocycles. The Morgan fingerprint density at radius 1 is 1.12 bits per heavy atom. The number of anilines is 1. The van der Waals surface area contributed by atoms with Crippen LogP contribution in [-0.4, -0.2) is 26.9 Å². The summed E-state index contributed by atoms with van der Waals surface area (Å²) >= 11 is 5.78. The Balaban J connectivity index is 1.38. The average molecular weight is 459 g/mol. The maximum absolute atomic E-state index is 13.0. The van der Waals surface area contributed by atoms with Crippen molar-refractivity contribution in [3.63, 3.8) is 0 Å². The molecule has 0 spiro atoms. The number of halogens is 4. The first-order valence-corrected chi connectivity index (χ1v) is 10.6. The van der Waals surface area contributed by atoms with Gasteiger partial charge < -0.3 is 10.2 Å². The second kappa shape index (κ2) is 7.78. The lowest BCUT2D eigenvalue weighted by molar-refractivity contribution is -0.137. The molecule has 2 bridgehead atoms. The minimum atomic E-state index is -4.55. The average Bonchev–Trinajstić information content (AvgIpc) is 3.08. The molecule has 1 N–H and O–H groups in total. The molecule has 32 heavy (non-hydrogen) atoms. The van der Waals surface area contributed by atoms with Crippen LogP contribution in [0.5, 0.6) is 0 Å². The van der Waals surface area contributed by atoms with Gasteiger partial charge in [-0.1, -0.05) is 41.9 Å². The van der Waals surface area contributed by atoms with E-state index in [0.717, 1.165) is 41.8 Å². The lowest BCUT2D eigenvalue weighted by Crippen LogP contribution is -2.44. The minimum absolute atomic E-state index is 0.0315. The van der Waals surface area contributed by atoms with Crippen LogP contribution in [0.3, 0.4) is 0 Å². The molecule has 0 radical (unpaired) electrons. The second-order valence-electron chi connectivity index (χ2n) is 7.94. The third kappa shape index (κ3) is 3.68. The van der Waals surface area contributed by atoms with Crippen molar-refractivity contribution in [3.05, 3.63) is 76.6 Å². The summed E-state index contributed by atoms with van der Waals surface area (Å²) in [6.45, 7) is 0. The highest BCUT2D eigenvalue weighted by Crippen LogP contribution is 2.44. The van der Waals surface area contributed by atoms with Gasteiger partial charge in [-0.2, -0.15) is 13.2 Å². The number of hydrogen-bond donors (Lipinski definition) is 1.